The Hall–Kier alpha value is -2.67. The lowest BCUT2D eigenvalue weighted by Crippen LogP contribution is -2.33. The van der Waals surface area contributed by atoms with Gasteiger partial charge in [-0.3, -0.25) is 9.59 Å². The first-order chi connectivity index (χ1) is 12.4. The van der Waals surface area contributed by atoms with E-state index in [1.165, 1.54) is 12.1 Å². The van der Waals surface area contributed by atoms with E-state index in [1.807, 2.05) is 25.1 Å². The Morgan fingerprint density at radius 3 is 2.27 bits per heavy atom. The molecule has 0 radical (unpaired) electrons. The number of hydrogen-bond acceptors (Lipinski definition) is 4. The fourth-order valence-corrected chi connectivity index (χ4v) is 3.65. The van der Waals surface area contributed by atoms with E-state index < -0.39 is 15.7 Å². The maximum Gasteiger partial charge on any atom is 0.243 e. The molecule has 2 N–H and O–H groups in total. The van der Waals surface area contributed by atoms with Gasteiger partial charge in [-0.2, -0.15) is 0 Å². The molecule has 0 atom stereocenters. The van der Waals surface area contributed by atoms with Crippen molar-refractivity contribution in [3.05, 3.63) is 60.2 Å². The average molecular weight is 374 g/mol. The Morgan fingerprint density at radius 2 is 1.58 bits per heavy atom. The molecule has 0 aromatic heterocycles. The summed E-state index contributed by atoms with van der Waals surface area (Å²) in [5, 5.41) is 5.19. The van der Waals surface area contributed by atoms with E-state index in [1.54, 1.807) is 24.3 Å². The number of aryl methyl sites for hydroxylation is 1. The molecule has 0 heterocycles. The van der Waals surface area contributed by atoms with E-state index in [2.05, 4.69) is 10.6 Å². The molecule has 0 saturated heterocycles. The van der Waals surface area contributed by atoms with Gasteiger partial charge in [-0.1, -0.05) is 43.3 Å². The molecular formula is C19H22N2O4S. The van der Waals surface area contributed by atoms with Crippen LogP contribution in [0.3, 0.4) is 0 Å². The van der Waals surface area contributed by atoms with Crippen LogP contribution in [0.25, 0.3) is 0 Å². The molecule has 138 valence electrons. The zero-order valence-electron chi connectivity index (χ0n) is 14.6. The molecule has 0 aliphatic rings. The molecular weight excluding hydrogens is 352 g/mol. The minimum absolute atomic E-state index is 0.182. The molecule has 2 aromatic rings. The fraction of sp³-hybridized carbons (Fsp3) is 0.263. The summed E-state index contributed by atoms with van der Waals surface area (Å²) in [6.07, 6.45) is 0.580. The SMILES string of the molecule is CCc1ccccc1NC(=O)CNC(=O)CCS(=O)(=O)c1ccccc1. The van der Waals surface area contributed by atoms with E-state index in [4.69, 9.17) is 0 Å². The Bertz CT molecular complexity index is 864. The standard InChI is InChI=1S/C19H22N2O4S/c1-2-15-8-6-7-11-17(15)21-19(23)14-20-18(22)12-13-26(24,25)16-9-4-3-5-10-16/h3-11H,2,12-14H2,1H3,(H,20,22)(H,21,23). The average Bonchev–Trinajstić information content (AvgIpc) is 2.66. The molecule has 0 aliphatic carbocycles. The molecule has 26 heavy (non-hydrogen) atoms. The van der Waals surface area contributed by atoms with Gasteiger partial charge in [-0.25, -0.2) is 8.42 Å². The summed E-state index contributed by atoms with van der Waals surface area (Å²) in [5.41, 5.74) is 1.71. The Labute approximate surface area is 153 Å². The molecule has 0 aliphatic heterocycles. The Kier molecular flexibility index (Phi) is 6.91. The van der Waals surface area contributed by atoms with Crippen molar-refractivity contribution in [3.8, 4) is 0 Å². The van der Waals surface area contributed by atoms with Crippen LogP contribution in [0.4, 0.5) is 5.69 Å². The number of benzene rings is 2. The van der Waals surface area contributed by atoms with Crippen molar-refractivity contribution in [3.63, 3.8) is 0 Å². The van der Waals surface area contributed by atoms with Gasteiger partial charge in [0.15, 0.2) is 9.84 Å². The highest BCUT2D eigenvalue weighted by atomic mass is 32.2. The van der Waals surface area contributed by atoms with Crippen molar-refractivity contribution in [1.82, 2.24) is 5.32 Å². The van der Waals surface area contributed by atoms with Crippen molar-refractivity contribution in [2.24, 2.45) is 0 Å². The zero-order chi connectivity index (χ0) is 19.0. The van der Waals surface area contributed by atoms with Crippen molar-refractivity contribution in [1.29, 1.82) is 0 Å². The lowest BCUT2D eigenvalue weighted by atomic mass is 10.1. The summed E-state index contributed by atoms with van der Waals surface area (Å²) in [4.78, 5) is 24.0. The summed E-state index contributed by atoms with van der Waals surface area (Å²) in [5.74, 6) is -1.14. The number of amides is 2. The van der Waals surface area contributed by atoms with Gasteiger partial charge in [-0.05, 0) is 30.2 Å². The summed E-state index contributed by atoms with van der Waals surface area (Å²) in [6.45, 7) is 1.78. The number of carbonyl (C=O) groups excluding carboxylic acids is 2. The highest BCUT2D eigenvalue weighted by Crippen LogP contribution is 2.15. The number of nitrogens with one attached hydrogen (secondary N) is 2. The minimum atomic E-state index is -3.51. The lowest BCUT2D eigenvalue weighted by molar-refractivity contribution is -0.123. The highest BCUT2D eigenvalue weighted by Gasteiger charge is 2.16. The second-order valence-electron chi connectivity index (χ2n) is 5.72. The van der Waals surface area contributed by atoms with E-state index in [0.717, 1.165) is 12.0 Å². The van der Waals surface area contributed by atoms with Crippen LogP contribution < -0.4 is 10.6 Å². The van der Waals surface area contributed by atoms with Gasteiger partial charge in [-0.15, -0.1) is 0 Å². The van der Waals surface area contributed by atoms with Gasteiger partial charge in [0, 0.05) is 12.1 Å². The lowest BCUT2D eigenvalue weighted by Gasteiger charge is -2.10. The number of para-hydroxylation sites is 1. The minimum Gasteiger partial charge on any atom is -0.347 e. The van der Waals surface area contributed by atoms with Gasteiger partial charge in [0.2, 0.25) is 11.8 Å². The zero-order valence-corrected chi connectivity index (χ0v) is 15.4. The molecule has 0 spiro atoms. The van der Waals surface area contributed by atoms with Gasteiger partial charge in [0.05, 0.1) is 17.2 Å². The van der Waals surface area contributed by atoms with E-state index in [0.29, 0.717) is 5.69 Å². The van der Waals surface area contributed by atoms with Crippen LogP contribution in [-0.2, 0) is 25.8 Å². The first kappa shape index (κ1) is 19.7. The van der Waals surface area contributed by atoms with Crippen LogP contribution >= 0.6 is 0 Å². The monoisotopic (exact) mass is 374 g/mol. The first-order valence-corrected chi connectivity index (χ1v) is 10.00. The molecule has 7 heteroatoms. The van der Waals surface area contributed by atoms with Crippen LogP contribution in [0.5, 0.6) is 0 Å². The molecule has 2 aromatic carbocycles. The molecule has 0 unspecified atom stereocenters. The third kappa shape index (κ3) is 5.70. The maximum atomic E-state index is 12.1. The predicted molar refractivity (Wildman–Crippen MR) is 101 cm³/mol. The van der Waals surface area contributed by atoms with Gasteiger partial charge in [0.25, 0.3) is 0 Å². The second kappa shape index (κ2) is 9.15. The topological polar surface area (TPSA) is 92.3 Å². The summed E-state index contributed by atoms with van der Waals surface area (Å²) < 4.78 is 24.3. The number of carbonyl (C=O) groups is 2. The number of sulfone groups is 1. The van der Waals surface area contributed by atoms with E-state index in [9.17, 15) is 18.0 Å². The highest BCUT2D eigenvalue weighted by molar-refractivity contribution is 7.91. The number of rotatable bonds is 8. The van der Waals surface area contributed by atoms with Gasteiger partial charge < -0.3 is 10.6 Å². The first-order valence-electron chi connectivity index (χ1n) is 8.34. The van der Waals surface area contributed by atoms with E-state index in [-0.39, 0.29) is 29.5 Å². The molecule has 0 bridgehead atoms. The molecule has 0 saturated carbocycles. The number of hydrogen-bond donors (Lipinski definition) is 2. The second-order valence-corrected chi connectivity index (χ2v) is 7.83. The third-order valence-corrected chi connectivity index (χ3v) is 5.55. The molecule has 0 fully saturated rings. The van der Waals surface area contributed by atoms with Crippen LogP contribution in [0.2, 0.25) is 0 Å². The normalized spacial score (nSPS) is 11.0. The Morgan fingerprint density at radius 1 is 0.923 bits per heavy atom. The van der Waals surface area contributed by atoms with Crippen molar-refractivity contribution < 1.29 is 18.0 Å². The predicted octanol–water partition coefficient (Wildman–Crippen LogP) is 2.17. The van der Waals surface area contributed by atoms with Crippen LogP contribution in [0, 0.1) is 0 Å². The van der Waals surface area contributed by atoms with Crippen molar-refractivity contribution in [2.45, 2.75) is 24.7 Å². The fourth-order valence-electron chi connectivity index (χ4n) is 2.38. The maximum absolute atomic E-state index is 12.1. The number of anilines is 1. The van der Waals surface area contributed by atoms with Crippen molar-refractivity contribution in [2.75, 3.05) is 17.6 Å². The summed E-state index contributed by atoms with van der Waals surface area (Å²) in [6, 6.07) is 15.4. The molecule has 2 rings (SSSR count). The van der Waals surface area contributed by atoms with Crippen LogP contribution in [0.1, 0.15) is 18.9 Å². The van der Waals surface area contributed by atoms with Crippen molar-refractivity contribution >= 4 is 27.3 Å². The largest absolute Gasteiger partial charge is 0.347 e. The van der Waals surface area contributed by atoms with Gasteiger partial charge >= 0.3 is 0 Å². The van der Waals surface area contributed by atoms with Gasteiger partial charge in [0.1, 0.15) is 0 Å². The third-order valence-electron chi connectivity index (χ3n) is 3.82. The smallest absolute Gasteiger partial charge is 0.243 e. The van der Waals surface area contributed by atoms with E-state index >= 15 is 0 Å². The van der Waals surface area contributed by atoms with Crippen LogP contribution in [0.15, 0.2) is 59.5 Å². The quantitative estimate of drug-likeness (QED) is 0.741. The molecule has 6 nitrogen and oxygen atoms in total. The Balaban J connectivity index is 1.80. The summed E-state index contributed by atoms with van der Waals surface area (Å²) in [7, 11) is -3.51. The molecule has 2 amide bonds. The van der Waals surface area contributed by atoms with Crippen LogP contribution in [-0.4, -0.2) is 32.5 Å². The summed E-state index contributed by atoms with van der Waals surface area (Å²) >= 11 is 0.